The number of piperidine rings is 1. The Bertz CT molecular complexity index is 645. The molecule has 2 aliphatic rings. The van der Waals surface area contributed by atoms with Crippen LogP contribution in [0.5, 0.6) is 0 Å². The van der Waals surface area contributed by atoms with Gasteiger partial charge in [-0.2, -0.15) is 5.26 Å². The average Bonchev–Trinajstić information content (AvgIpc) is 2.68. The molecule has 1 heterocycles. The summed E-state index contributed by atoms with van der Waals surface area (Å²) in [5.74, 6) is -0.512. The second kappa shape index (κ2) is 8.15. The van der Waals surface area contributed by atoms with Crippen molar-refractivity contribution in [2.45, 2.75) is 44.6 Å². The summed E-state index contributed by atoms with van der Waals surface area (Å²) in [4.78, 5) is 26.7. The summed E-state index contributed by atoms with van der Waals surface area (Å²) in [6, 6.07) is 11.5. The molecule has 0 bridgehead atoms. The average molecular weight is 340 g/mol. The van der Waals surface area contributed by atoms with Crippen molar-refractivity contribution in [3.05, 3.63) is 35.9 Å². The first-order chi connectivity index (χ1) is 12.2. The highest BCUT2D eigenvalue weighted by atomic mass is 16.5. The molecule has 2 atom stereocenters. The van der Waals surface area contributed by atoms with Gasteiger partial charge in [-0.3, -0.25) is 9.59 Å². The molecule has 1 aromatic carbocycles. The summed E-state index contributed by atoms with van der Waals surface area (Å²) in [6.45, 7) is 1.14. The molecule has 0 N–H and O–H groups in total. The van der Waals surface area contributed by atoms with Crippen LogP contribution in [0.2, 0.25) is 0 Å². The van der Waals surface area contributed by atoms with Crippen molar-refractivity contribution in [1.29, 1.82) is 5.26 Å². The Morgan fingerprint density at radius 2 is 1.72 bits per heavy atom. The molecule has 132 valence electrons. The molecule has 1 aliphatic carbocycles. The lowest BCUT2D eigenvalue weighted by Crippen LogP contribution is -2.41. The smallest absolute Gasteiger partial charge is 0.309 e. The van der Waals surface area contributed by atoms with Gasteiger partial charge in [-0.05, 0) is 44.2 Å². The first-order valence-electron chi connectivity index (χ1n) is 9.13. The number of nitrogens with zero attached hydrogens (tertiary/aromatic N) is 2. The van der Waals surface area contributed by atoms with E-state index in [1.54, 1.807) is 4.90 Å². The zero-order valence-electron chi connectivity index (χ0n) is 14.4. The third-order valence-electron chi connectivity index (χ3n) is 5.27. The van der Waals surface area contributed by atoms with E-state index in [0.717, 1.165) is 25.7 Å². The van der Waals surface area contributed by atoms with E-state index in [4.69, 9.17) is 4.74 Å². The maximum Gasteiger partial charge on any atom is 0.309 e. The number of rotatable bonds is 3. The summed E-state index contributed by atoms with van der Waals surface area (Å²) >= 11 is 0. The molecule has 2 fully saturated rings. The van der Waals surface area contributed by atoms with Crippen molar-refractivity contribution in [3.8, 4) is 6.07 Å². The summed E-state index contributed by atoms with van der Waals surface area (Å²) in [5.41, 5.74) is 0.683. The first-order valence-corrected chi connectivity index (χ1v) is 9.13. The van der Waals surface area contributed by atoms with Crippen LogP contribution in [0.1, 0.15) is 48.9 Å². The first kappa shape index (κ1) is 17.5. The largest absolute Gasteiger partial charge is 0.461 e. The fourth-order valence-corrected chi connectivity index (χ4v) is 3.71. The van der Waals surface area contributed by atoms with Crippen LogP contribution < -0.4 is 0 Å². The van der Waals surface area contributed by atoms with Crippen molar-refractivity contribution in [1.82, 2.24) is 4.90 Å². The molecule has 0 radical (unpaired) electrons. The number of likely N-dealkylation sites (tertiary alicyclic amines) is 1. The maximum atomic E-state index is 12.4. The predicted molar refractivity (Wildman–Crippen MR) is 92.5 cm³/mol. The van der Waals surface area contributed by atoms with Crippen LogP contribution in [0.25, 0.3) is 0 Å². The van der Waals surface area contributed by atoms with Crippen LogP contribution in [-0.2, 0) is 9.53 Å². The number of hydrogen-bond acceptors (Lipinski definition) is 4. The third kappa shape index (κ3) is 4.19. The molecule has 25 heavy (non-hydrogen) atoms. The lowest BCUT2D eigenvalue weighted by Gasteiger charge is -2.33. The normalized spacial score (nSPS) is 24.4. The predicted octanol–water partition coefficient (Wildman–Crippen LogP) is 3.16. The van der Waals surface area contributed by atoms with Crippen molar-refractivity contribution in [2.75, 3.05) is 13.1 Å². The second-order valence-electron chi connectivity index (χ2n) is 6.93. The number of carbonyl (C=O) groups excluding carboxylic acids is 2. The van der Waals surface area contributed by atoms with Gasteiger partial charge < -0.3 is 9.64 Å². The minimum Gasteiger partial charge on any atom is -0.461 e. The standard InChI is InChI=1S/C20H24N2O3/c21-14-17-8-4-5-9-18(17)25-20(24)16-10-12-22(13-11-16)19(23)15-6-2-1-3-7-15/h1-3,6-7,16-18H,4-5,8-13H2. The van der Waals surface area contributed by atoms with Crippen molar-refractivity contribution >= 4 is 11.9 Å². The number of esters is 1. The molecular weight excluding hydrogens is 316 g/mol. The van der Waals surface area contributed by atoms with Crippen LogP contribution in [-0.4, -0.2) is 36.0 Å². The number of carbonyl (C=O) groups is 2. The van der Waals surface area contributed by atoms with Gasteiger partial charge in [0.25, 0.3) is 5.91 Å². The third-order valence-corrected chi connectivity index (χ3v) is 5.27. The fraction of sp³-hybridized carbons (Fsp3) is 0.550. The van der Waals surface area contributed by atoms with E-state index in [1.807, 2.05) is 30.3 Å². The highest BCUT2D eigenvalue weighted by Gasteiger charge is 2.33. The van der Waals surface area contributed by atoms with Gasteiger partial charge in [0.1, 0.15) is 6.10 Å². The summed E-state index contributed by atoms with van der Waals surface area (Å²) in [7, 11) is 0. The molecule has 2 unspecified atom stereocenters. The number of ether oxygens (including phenoxy) is 1. The Hall–Kier alpha value is -2.35. The Morgan fingerprint density at radius 3 is 2.40 bits per heavy atom. The number of benzene rings is 1. The monoisotopic (exact) mass is 340 g/mol. The SMILES string of the molecule is N#CC1CCCCC1OC(=O)C1CCN(C(=O)c2ccccc2)CC1. The van der Waals surface area contributed by atoms with Crippen molar-refractivity contribution in [3.63, 3.8) is 0 Å². The Labute approximate surface area is 148 Å². The molecule has 1 saturated heterocycles. The van der Waals surface area contributed by atoms with Gasteiger partial charge >= 0.3 is 5.97 Å². The van der Waals surface area contributed by atoms with Crippen molar-refractivity contribution < 1.29 is 14.3 Å². The molecule has 0 spiro atoms. The van der Waals surface area contributed by atoms with Crippen LogP contribution in [0.3, 0.4) is 0 Å². The van der Waals surface area contributed by atoms with E-state index in [2.05, 4.69) is 6.07 Å². The van der Waals surface area contributed by atoms with Gasteiger partial charge in [0.15, 0.2) is 0 Å². The van der Waals surface area contributed by atoms with Gasteiger partial charge in [-0.25, -0.2) is 0 Å². The summed E-state index contributed by atoms with van der Waals surface area (Å²) in [6.07, 6.45) is 4.65. The topological polar surface area (TPSA) is 70.4 Å². The molecule has 1 saturated carbocycles. The zero-order chi connectivity index (χ0) is 17.6. The Balaban J connectivity index is 1.51. The van der Waals surface area contributed by atoms with Gasteiger partial charge in [0.2, 0.25) is 0 Å². The number of hydrogen-bond donors (Lipinski definition) is 0. The van der Waals surface area contributed by atoms with Crippen LogP contribution in [0.4, 0.5) is 0 Å². The fourth-order valence-electron chi connectivity index (χ4n) is 3.71. The molecular formula is C20H24N2O3. The lowest BCUT2D eigenvalue weighted by atomic mass is 9.87. The van der Waals surface area contributed by atoms with E-state index in [-0.39, 0.29) is 29.8 Å². The molecule has 5 heteroatoms. The minimum atomic E-state index is -0.254. The maximum absolute atomic E-state index is 12.4. The summed E-state index contributed by atoms with van der Waals surface area (Å²) < 4.78 is 5.65. The van der Waals surface area contributed by atoms with Crippen LogP contribution >= 0.6 is 0 Å². The molecule has 0 aromatic heterocycles. The van der Waals surface area contributed by atoms with E-state index in [1.165, 1.54) is 0 Å². The van der Waals surface area contributed by atoms with Crippen molar-refractivity contribution in [2.24, 2.45) is 11.8 Å². The highest BCUT2D eigenvalue weighted by molar-refractivity contribution is 5.94. The van der Waals surface area contributed by atoms with Gasteiger partial charge in [-0.1, -0.05) is 24.6 Å². The minimum absolute atomic E-state index is 0.0178. The molecule has 5 nitrogen and oxygen atoms in total. The van der Waals surface area contributed by atoms with E-state index in [9.17, 15) is 14.9 Å². The quantitative estimate of drug-likeness (QED) is 0.793. The molecule has 1 aromatic rings. The second-order valence-corrected chi connectivity index (χ2v) is 6.93. The van der Waals surface area contributed by atoms with E-state index in [0.29, 0.717) is 31.5 Å². The molecule has 1 aliphatic heterocycles. The van der Waals surface area contributed by atoms with Gasteiger partial charge in [0, 0.05) is 18.7 Å². The van der Waals surface area contributed by atoms with E-state index < -0.39 is 0 Å². The molecule has 1 amide bonds. The number of amides is 1. The Morgan fingerprint density at radius 1 is 1.04 bits per heavy atom. The van der Waals surface area contributed by atoms with Gasteiger partial charge in [-0.15, -0.1) is 0 Å². The Kier molecular flexibility index (Phi) is 5.70. The molecule has 3 rings (SSSR count). The van der Waals surface area contributed by atoms with Crippen LogP contribution in [0.15, 0.2) is 30.3 Å². The van der Waals surface area contributed by atoms with Gasteiger partial charge in [0.05, 0.1) is 17.9 Å². The van der Waals surface area contributed by atoms with Crippen LogP contribution in [0, 0.1) is 23.2 Å². The summed E-state index contributed by atoms with van der Waals surface area (Å²) in [5, 5.41) is 9.20. The highest BCUT2D eigenvalue weighted by Crippen LogP contribution is 2.28. The zero-order valence-corrected chi connectivity index (χ0v) is 14.4. The number of nitriles is 1. The van der Waals surface area contributed by atoms with E-state index >= 15 is 0 Å². The lowest BCUT2D eigenvalue weighted by molar-refractivity contribution is -0.158.